The lowest BCUT2D eigenvalue weighted by Crippen LogP contribution is -2.50. The first-order valence-corrected chi connectivity index (χ1v) is 23.7. The summed E-state index contributed by atoms with van der Waals surface area (Å²) in [6.07, 6.45) is 18.3. The molecule has 1 fully saturated rings. The Morgan fingerprint density at radius 2 is 1.46 bits per heavy atom. The molecule has 1 aromatic heterocycles. The van der Waals surface area contributed by atoms with E-state index in [1.54, 1.807) is 0 Å². The van der Waals surface area contributed by atoms with Crippen LogP contribution in [0.1, 0.15) is 115 Å². The van der Waals surface area contributed by atoms with Gasteiger partial charge in [0.1, 0.15) is 17.4 Å². The molecule has 1 unspecified atom stereocenters. The lowest BCUT2D eigenvalue weighted by molar-refractivity contribution is -0.124. The molecule has 2 aromatic carbocycles. The topological polar surface area (TPSA) is 149 Å². The highest BCUT2D eigenvalue weighted by molar-refractivity contribution is 7.92. The molecule has 1 aliphatic rings. The third kappa shape index (κ3) is 12.8. The average Bonchev–Trinajstić information content (AvgIpc) is 3.53. The van der Waals surface area contributed by atoms with Crippen LogP contribution in [-0.2, 0) is 29.4 Å². The predicted octanol–water partition coefficient (Wildman–Crippen LogP) is 7.56. The third-order valence-corrected chi connectivity index (χ3v) is 14.0. The number of aromatic nitrogens is 1. The van der Waals surface area contributed by atoms with Crippen LogP contribution in [0.2, 0.25) is 0 Å². The number of hydrogen-bond donors (Lipinski definition) is 2. The van der Waals surface area contributed by atoms with E-state index in [4.69, 9.17) is 14.9 Å². The third-order valence-electron chi connectivity index (χ3n) is 10.1. The summed E-state index contributed by atoms with van der Waals surface area (Å²) in [6.45, 7) is 5.77. The highest BCUT2D eigenvalue weighted by atomic mass is 32.2. The zero-order chi connectivity index (χ0) is 37.5. The highest BCUT2D eigenvalue weighted by Gasteiger charge is 2.51. The normalized spacial score (nSPS) is 15.4. The minimum Gasteiger partial charge on any atom is -0.492 e. The van der Waals surface area contributed by atoms with E-state index in [2.05, 4.69) is 17.1 Å². The van der Waals surface area contributed by atoms with Gasteiger partial charge >= 0.3 is 0 Å². The van der Waals surface area contributed by atoms with Crippen LogP contribution in [0.4, 0.5) is 0 Å². The molecule has 0 bridgehead atoms. The monoisotopic (exact) mass is 776 g/mol. The summed E-state index contributed by atoms with van der Waals surface area (Å²) in [7, 11) is -7.91. The van der Waals surface area contributed by atoms with E-state index in [0.717, 1.165) is 73.1 Å². The number of likely N-dealkylation sites (tertiary alicyclic amines) is 1. The van der Waals surface area contributed by atoms with Crippen molar-refractivity contribution in [1.29, 1.82) is 0 Å². The molecule has 1 saturated heterocycles. The molecule has 0 radical (unpaired) electrons. The van der Waals surface area contributed by atoms with Crippen molar-refractivity contribution in [2.75, 3.05) is 44.8 Å². The first kappa shape index (κ1) is 42.2. The fourth-order valence-electron chi connectivity index (χ4n) is 6.99. The van der Waals surface area contributed by atoms with Crippen molar-refractivity contribution < 1.29 is 26.4 Å². The van der Waals surface area contributed by atoms with E-state index in [1.807, 2.05) is 42.5 Å². The van der Waals surface area contributed by atoms with Crippen LogP contribution in [0.15, 0.2) is 42.5 Å². The van der Waals surface area contributed by atoms with Crippen molar-refractivity contribution in [2.45, 2.75) is 114 Å². The van der Waals surface area contributed by atoms with Gasteiger partial charge in [-0.05, 0) is 67.7 Å². The van der Waals surface area contributed by atoms with Gasteiger partial charge in [-0.2, -0.15) is 0 Å². The van der Waals surface area contributed by atoms with E-state index in [1.165, 1.54) is 75.5 Å². The zero-order valence-electron chi connectivity index (χ0n) is 31.2. The number of rotatable bonds is 24. The van der Waals surface area contributed by atoms with Crippen molar-refractivity contribution in [2.24, 2.45) is 5.14 Å². The Morgan fingerprint density at radius 3 is 2.06 bits per heavy atom. The number of carbonyl (C=O) groups is 1. The summed E-state index contributed by atoms with van der Waals surface area (Å²) in [6, 6.07) is 13.7. The molecule has 1 aliphatic heterocycles. The standard InChI is InChI=1S/C39H60N4O6S3/c1-3-4-5-6-7-8-9-10-11-12-13-15-24-39(51(2,45)46,37(44)41-25-30-52(40,47)48)38-42-35-23-20-33(31-36(35)50-38)32-18-21-34(22-19-32)49-29-28-43-26-16-14-17-27-43/h18-23,31H,3-17,24-30H2,1-2H3,(H,41,44)(H2,40,47,48). The SMILES string of the molecule is CCCCCCCCCCCCCCC(C(=O)NCCS(N)(=O)=O)(c1nc2ccc(-c3ccc(OCCN4CCCCC4)cc3)cc2s1)S(C)(=O)=O. The molecule has 290 valence electrons. The van der Waals surface area contributed by atoms with Crippen LogP contribution in [0, 0.1) is 0 Å². The van der Waals surface area contributed by atoms with E-state index in [9.17, 15) is 21.6 Å². The number of primary sulfonamides is 1. The summed E-state index contributed by atoms with van der Waals surface area (Å²) < 4.78 is 55.4. The Morgan fingerprint density at radius 1 is 0.865 bits per heavy atom. The maximum atomic E-state index is 13.9. The summed E-state index contributed by atoms with van der Waals surface area (Å²) in [5.74, 6) is -0.453. The minimum atomic E-state index is -4.05. The van der Waals surface area contributed by atoms with Gasteiger partial charge in [-0.25, -0.2) is 27.0 Å². The number of sulfonamides is 1. The van der Waals surface area contributed by atoms with Gasteiger partial charge in [0, 0.05) is 19.3 Å². The molecule has 10 nitrogen and oxygen atoms in total. The number of hydrogen-bond acceptors (Lipinski definition) is 9. The quantitative estimate of drug-likeness (QED) is 0.0886. The van der Waals surface area contributed by atoms with E-state index in [-0.39, 0.29) is 18.0 Å². The summed E-state index contributed by atoms with van der Waals surface area (Å²) >= 11 is 1.20. The number of carbonyl (C=O) groups excluding carboxylic acids is 1. The van der Waals surface area contributed by atoms with Crippen LogP contribution in [-0.4, -0.2) is 77.4 Å². The molecule has 0 saturated carbocycles. The maximum Gasteiger partial charge on any atom is 0.248 e. The van der Waals surface area contributed by atoms with Gasteiger partial charge in [-0.3, -0.25) is 9.69 Å². The Labute approximate surface area is 316 Å². The second-order valence-electron chi connectivity index (χ2n) is 14.3. The number of nitrogens with one attached hydrogen (secondary N) is 1. The van der Waals surface area contributed by atoms with Gasteiger partial charge in [0.05, 0.1) is 16.0 Å². The molecule has 2 heterocycles. The largest absolute Gasteiger partial charge is 0.492 e. The van der Waals surface area contributed by atoms with E-state index in [0.29, 0.717) is 18.5 Å². The minimum absolute atomic E-state index is 0.0520. The van der Waals surface area contributed by atoms with Crippen molar-refractivity contribution in [3.63, 3.8) is 0 Å². The number of thiazole rings is 1. The lowest BCUT2D eigenvalue weighted by Gasteiger charge is -2.29. The molecule has 0 aliphatic carbocycles. The Balaban J connectivity index is 1.45. The number of benzene rings is 2. The van der Waals surface area contributed by atoms with Gasteiger partial charge in [0.2, 0.25) is 20.7 Å². The second kappa shape index (κ2) is 20.8. The molecule has 52 heavy (non-hydrogen) atoms. The molecule has 4 rings (SSSR count). The molecule has 1 atom stereocenters. The molecule has 1 amide bonds. The van der Waals surface area contributed by atoms with Gasteiger partial charge in [0.15, 0.2) is 9.84 Å². The number of nitrogens with zero attached hydrogens (tertiary/aromatic N) is 2. The zero-order valence-corrected chi connectivity index (χ0v) is 33.7. The first-order valence-electron chi connectivity index (χ1n) is 19.3. The van der Waals surface area contributed by atoms with Crippen molar-refractivity contribution in [1.82, 2.24) is 15.2 Å². The van der Waals surface area contributed by atoms with Crippen molar-refractivity contribution in [3.05, 3.63) is 47.5 Å². The van der Waals surface area contributed by atoms with Gasteiger partial charge in [-0.15, -0.1) is 11.3 Å². The number of sulfone groups is 1. The number of ether oxygens (including phenoxy) is 1. The van der Waals surface area contributed by atoms with Crippen LogP contribution in [0.25, 0.3) is 21.3 Å². The fourth-order valence-corrected chi connectivity index (χ4v) is 10.4. The average molecular weight is 777 g/mol. The van der Waals surface area contributed by atoms with Crippen LogP contribution in [0.5, 0.6) is 5.75 Å². The Kier molecular flexibility index (Phi) is 16.8. The predicted molar refractivity (Wildman–Crippen MR) is 214 cm³/mol. The number of unbranched alkanes of at least 4 members (excludes halogenated alkanes) is 11. The number of amides is 1. The number of nitrogens with two attached hydrogens (primary N) is 1. The van der Waals surface area contributed by atoms with Crippen LogP contribution in [0.3, 0.4) is 0 Å². The van der Waals surface area contributed by atoms with Crippen molar-refractivity contribution in [3.8, 4) is 16.9 Å². The highest BCUT2D eigenvalue weighted by Crippen LogP contribution is 2.41. The van der Waals surface area contributed by atoms with Crippen LogP contribution >= 0.6 is 11.3 Å². The van der Waals surface area contributed by atoms with Gasteiger partial charge in [-0.1, -0.05) is 109 Å². The Bertz CT molecular complexity index is 1760. The smallest absolute Gasteiger partial charge is 0.248 e. The first-order chi connectivity index (χ1) is 24.9. The second-order valence-corrected chi connectivity index (χ2v) is 19.3. The van der Waals surface area contributed by atoms with Gasteiger partial charge < -0.3 is 10.1 Å². The molecule has 3 N–H and O–H groups in total. The van der Waals surface area contributed by atoms with Gasteiger partial charge in [0.25, 0.3) is 0 Å². The van der Waals surface area contributed by atoms with E-state index < -0.39 is 36.3 Å². The lowest BCUT2D eigenvalue weighted by atomic mass is 9.98. The molecule has 0 spiro atoms. The molecular formula is C39H60N4O6S3. The maximum absolute atomic E-state index is 13.9. The Hall–Kier alpha value is -2.58. The van der Waals surface area contributed by atoms with E-state index >= 15 is 0 Å². The fraction of sp³-hybridized carbons (Fsp3) is 0.641. The molecule has 3 aromatic rings. The summed E-state index contributed by atoms with van der Waals surface area (Å²) in [5, 5.41) is 7.93. The summed E-state index contributed by atoms with van der Waals surface area (Å²) in [4.78, 5) is 21.1. The van der Waals surface area contributed by atoms with Crippen LogP contribution < -0.4 is 15.2 Å². The number of piperidine rings is 1. The number of fused-ring (bicyclic) bond motifs is 1. The molecule has 13 heteroatoms. The summed E-state index contributed by atoms with van der Waals surface area (Å²) in [5.41, 5.74) is 2.51. The molecular weight excluding hydrogens is 717 g/mol. The van der Waals surface area contributed by atoms with Crippen molar-refractivity contribution >= 4 is 47.3 Å².